The third-order valence-electron chi connectivity index (χ3n) is 3.37. The Morgan fingerprint density at radius 3 is 2.77 bits per heavy atom. The van der Waals surface area contributed by atoms with Crippen LogP contribution < -0.4 is 0 Å². The molecule has 0 amide bonds. The monoisotopic (exact) mass is 408 g/mol. The Morgan fingerprint density at radius 2 is 2.38 bits per heavy atom. The molecule has 3 nitrogen and oxygen atoms in total. The Morgan fingerprint density at radius 1 is 1.69 bits per heavy atom. The Kier molecular flexibility index (Phi) is 3.88. The Balaban J connectivity index is 0.000000845. The van der Waals surface area contributed by atoms with Crippen LogP contribution in [0.2, 0.25) is 0 Å². The van der Waals surface area contributed by atoms with Crippen LogP contribution in [-0.4, -0.2) is 30.4 Å². The Bertz CT molecular complexity index is 190. The zero-order valence-corrected chi connectivity index (χ0v) is 12.6. The second kappa shape index (κ2) is 4.20. The van der Waals surface area contributed by atoms with E-state index >= 15 is 0 Å². The van der Waals surface area contributed by atoms with E-state index in [4.69, 9.17) is 9.57 Å². The van der Waals surface area contributed by atoms with E-state index in [9.17, 15) is 0 Å². The third kappa shape index (κ3) is 1.62. The molecule has 0 aromatic heterocycles. The van der Waals surface area contributed by atoms with Gasteiger partial charge in [-0.2, -0.15) is 6.61 Å². The number of morpholine rings is 1. The van der Waals surface area contributed by atoms with Gasteiger partial charge >= 0.3 is 0 Å². The van der Waals surface area contributed by atoms with Crippen molar-refractivity contribution < 1.29 is 40.7 Å². The summed E-state index contributed by atoms with van der Waals surface area (Å²) in [4.78, 5) is 5.26. The molecule has 2 bridgehead atoms. The van der Waals surface area contributed by atoms with E-state index in [0.29, 0.717) is 12.0 Å². The molecule has 2 aliphatic rings. The van der Waals surface area contributed by atoms with Crippen molar-refractivity contribution in [3.8, 4) is 0 Å². The number of hydrogen-bond acceptors (Lipinski definition) is 3. The standard InChI is InChI=1S/C9H16NO2.U/c1-4-9-6-10(11-3)8(5-12-9)7(9)2;/h5,7-8H,4,6H2,1-3H3;/q-1;/t7-,8-,9-;/m0./s1. The maximum Gasteiger partial charge on any atom is 0.0574 e. The van der Waals surface area contributed by atoms with E-state index in [2.05, 4.69) is 13.8 Å². The van der Waals surface area contributed by atoms with Gasteiger partial charge in [-0.25, -0.2) is 5.06 Å². The van der Waals surface area contributed by atoms with E-state index < -0.39 is 0 Å². The first-order chi connectivity index (χ1) is 5.73. The van der Waals surface area contributed by atoms with E-state index in [1.165, 1.54) is 0 Å². The molecule has 2 saturated heterocycles. The fourth-order valence-electron chi connectivity index (χ4n) is 2.31. The minimum absolute atomic E-state index is 0. The zero-order valence-electron chi connectivity index (χ0n) is 8.41. The molecule has 2 heterocycles. The number of hydrogen-bond donors (Lipinski definition) is 0. The Labute approximate surface area is 103 Å². The van der Waals surface area contributed by atoms with Gasteiger partial charge in [0.1, 0.15) is 0 Å². The van der Waals surface area contributed by atoms with Gasteiger partial charge in [0.2, 0.25) is 0 Å². The van der Waals surface area contributed by atoms with E-state index in [1.54, 1.807) is 7.11 Å². The quantitative estimate of drug-likeness (QED) is 0.642. The van der Waals surface area contributed by atoms with Crippen molar-refractivity contribution in [2.24, 2.45) is 5.92 Å². The minimum Gasteiger partial charge on any atom is -0.545 e. The second-order valence-electron chi connectivity index (χ2n) is 3.71. The fourth-order valence-corrected chi connectivity index (χ4v) is 2.31. The van der Waals surface area contributed by atoms with Crippen molar-refractivity contribution in [1.29, 1.82) is 0 Å². The SMILES string of the molecule is CC[C@@]12CN(OC)[C@@H]([CH-]O1)[C@@H]2C.[U]. The van der Waals surface area contributed by atoms with Crippen molar-refractivity contribution in [2.75, 3.05) is 13.7 Å². The number of hydroxylamine groups is 2. The molecule has 4 heteroatoms. The molecule has 0 unspecified atom stereocenters. The van der Waals surface area contributed by atoms with Crippen LogP contribution >= 0.6 is 0 Å². The average Bonchev–Trinajstić information content (AvgIpc) is 2.58. The van der Waals surface area contributed by atoms with Crippen LogP contribution in [0.25, 0.3) is 0 Å². The van der Waals surface area contributed by atoms with Gasteiger partial charge in [0.15, 0.2) is 0 Å². The smallest absolute Gasteiger partial charge is 0.0574 e. The molecule has 2 rings (SSSR count). The van der Waals surface area contributed by atoms with Crippen molar-refractivity contribution >= 4 is 0 Å². The Hall–Kier alpha value is 0.932. The largest absolute Gasteiger partial charge is 0.545 e. The van der Waals surface area contributed by atoms with Gasteiger partial charge in [0.25, 0.3) is 0 Å². The number of nitrogens with zero attached hydrogens (tertiary/aromatic N) is 1. The summed E-state index contributed by atoms with van der Waals surface area (Å²) in [6.07, 6.45) is 1.06. The molecule has 74 valence electrons. The number of rotatable bonds is 2. The zero-order chi connectivity index (χ0) is 8.77. The van der Waals surface area contributed by atoms with Gasteiger partial charge in [-0.15, -0.1) is 0 Å². The molecular formula is C9H16NO2U-. The topological polar surface area (TPSA) is 21.7 Å². The van der Waals surface area contributed by atoms with Crippen LogP contribution in [0.3, 0.4) is 0 Å². The molecule has 0 spiro atoms. The summed E-state index contributed by atoms with van der Waals surface area (Å²) in [6.45, 7) is 7.23. The fraction of sp³-hybridized carbons (Fsp3) is 0.889. The van der Waals surface area contributed by atoms with Crippen LogP contribution in [0.15, 0.2) is 0 Å². The molecule has 13 heavy (non-hydrogen) atoms. The van der Waals surface area contributed by atoms with Gasteiger partial charge in [0, 0.05) is 37.7 Å². The van der Waals surface area contributed by atoms with Crippen molar-refractivity contribution in [3.63, 3.8) is 0 Å². The van der Waals surface area contributed by atoms with E-state index in [-0.39, 0.29) is 36.7 Å². The molecule has 2 fully saturated rings. The molecule has 0 aromatic rings. The normalized spacial score (nSPS) is 43.6. The molecule has 0 aromatic carbocycles. The average molecular weight is 408 g/mol. The van der Waals surface area contributed by atoms with Crippen LogP contribution in [0.4, 0.5) is 0 Å². The predicted molar refractivity (Wildman–Crippen MR) is 45.1 cm³/mol. The summed E-state index contributed by atoms with van der Waals surface area (Å²) in [7, 11) is 1.73. The minimum atomic E-state index is 0. The first-order valence-corrected chi connectivity index (χ1v) is 4.55. The number of ether oxygens (including phenoxy) is 1. The second-order valence-corrected chi connectivity index (χ2v) is 3.71. The summed E-state index contributed by atoms with van der Waals surface area (Å²) in [5.74, 6) is 0.558. The maximum absolute atomic E-state index is 5.69. The number of fused-ring (bicyclic) bond motifs is 2. The third-order valence-corrected chi connectivity index (χ3v) is 3.37. The molecular weight excluding hydrogens is 392 g/mol. The van der Waals surface area contributed by atoms with Crippen LogP contribution in [0.1, 0.15) is 20.3 Å². The summed E-state index contributed by atoms with van der Waals surface area (Å²) in [6, 6.07) is 0.356. The predicted octanol–water partition coefficient (Wildman–Crippen LogP) is 1.21. The first kappa shape index (κ1) is 12.0. The van der Waals surface area contributed by atoms with Gasteiger partial charge < -0.3 is 9.57 Å². The summed E-state index contributed by atoms with van der Waals surface area (Å²) < 4.78 is 5.69. The van der Waals surface area contributed by atoms with Crippen LogP contribution in [0.5, 0.6) is 0 Å². The van der Waals surface area contributed by atoms with Gasteiger partial charge in [0.05, 0.1) is 12.7 Å². The van der Waals surface area contributed by atoms with Gasteiger partial charge in [-0.05, 0) is 12.3 Å². The van der Waals surface area contributed by atoms with E-state index in [1.807, 2.05) is 11.7 Å². The van der Waals surface area contributed by atoms with E-state index in [0.717, 1.165) is 13.0 Å². The molecule has 0 radical (unpaired) electrons. The van der Waals surface area contributed by atoms with Gasteiger partial charge in [-0.3, -0.25) is 0 Å². The summed E-state index contributed by atoms with van der Waals surface area (Å²) in [5, 5.41) is 2.01. The molecule has 3 atom stereocenters. The van der Waals surface area contributed by atoms with Crippen molar-refractivity contribution in [3.05, 3.63) is 6.61 Å². The molecule has 2 aliphatic heterocycles. The van der Waals surface area contributed by atoms with Crippen LogP contribution in [0, 0.1) is 43.6 Å². The van der Waals surface area contributed by atoms with Crippen molar-refractivity contribution in [2.45, 2.75) is 31.9 Å². The first-order valence-electron chi connectivity index (χ1n) is 4.55. The molecule has 0 N–H and O–H groups in total. The molecule has 0 saturated carbocycles. The summed E-state index contributed by atoms with van der Waals surface area (Å²) in [5.41, 5.74) is 0.0284. The molecule has 0 aliphatic carbocycles. The van der Waals surface area contributed by atoms with Gasteiger partial charge in [-0.1, -0.05) is 19.9 Å². The van der Waals surface area contributed by atoms with Crippen molar-refractivity contribution in [1.82, 2.24) is 5.06 Å². The maximum atomic E-state index is 5.69. The van der Waals surface area contributed by atoms with Crippen LogP contribution in [-0.2, 0) is 9.57 Å². The summed E-state index contributed by atoms with van der Waals surface area (Å²) >= 11 is 0.